The molecule has 0 aliphatic carbocycles. The number of hydrogen-bond donors (Lipinski definition) is 0. The van der Waals surface area contributed by atoms with Crippen molar-refractivity contribution in [2.75, 3.05) is 13.1 Å². The van der Waals surface area contributed by atoms with Gasteiger partial charge in [-0.2, -0.15) is 13.2 Å². The first kappa shape index (κ1) is 11.1. The fourth-order valence-electron chi connectivity index (χ4n) is 1.43. The summed E-state index contributed by atoms with van der Waals surface area (Å²) in [5, 5.41) is 0. The van der Waals surface area contributed by atoms with Gasteiger partial charge in [0.25, 0.3) is 5.78 Å². The van der Waals surface area contributed by atoms with Crippen molar-refractivity contribution in [1.29, 1.82) is 0 Å². The van der Waals surface area contributed by atoms with Crippen molar-refractivity contribution in [3.05, 3.63) is 11.8 Å². The van der Waals surface area contributed by atoms with Crippen LogP contribution in [0.5, 0.6) is 0 Å². The average Bonchev–Trinajstić information content (AvgIpc) is 2.15. The van der Waals surface area contributed by atoms with Crippen LogP contribution >= 0.6 is 0 Å². The predicted octanol–water partition coefficient (Wildman–Crippen LogP) is 2.12. The monoisotopic (exact) mass is 207 g/mol. The van der Waals surface area contributed by atoms with Gasteiger partial charge in [-0.3, -0.25) is 4.79 Å². The highest BCUT2D eigenvalue weighted by atomic mass is 19.4. The second-order valence-corrected chi connectivity index (χ2v) is 3.21. The summed E-state index contributed by atoms with van der Waals surface area (Å²) in [5.41, 5.74) is -0.120. The largest absolute Gasteiger partial charge is 0.454 e. The van der Waals surface area contributed by atoms with Crippen LogP contribution in [0.1, 0.15) is 19.8 Å². The van der Waals surface area contributed by atoms with Crippen molar-refractivity contribution in [2.45, 2.75) is 25.9 Å². The summed E-state index contributed by atoms with van der Waals surface area (Å²) in [6, 6.07) is 0. The molecule has 0 fully saturated rings. The maximum Gasteiger partial charge on any atom is 0.454 e. The molecule has 0 aromatic heterocycles. The third-order valence-corrected chi connectivity index (χ3v) is 2.19. The molecule has 0 unspecified atom stereocenters. The van der Waals surface area contributed by atoms with E-state index in [0.29, 0.717) is 13.0 Å². The number of halogens is 3. The van der Waals surface area contributed by atoms with Crippen LogP contribution in [-0.4, -0.2) is 29.9 Å². The number of ketones is 1. The Morgan fingerprint density at radius 2 is 2.21 bits per heavy atom. The fraction of sp³-hybridized carbons (Fsp3) is 0.667. The van der Waals surface area contributed by atoms with Crippen molar-refractivity contribution >= 4 is 5.78 Å². The first-order valence-corrected chi connectivity index (χ1v) is 4.51. The molecule has 0 radical (unpaired) electrons. The van der Waals surface area contributed by atoms with Crippen LogP contribution in [0.15, 0.2) is 11.8 Å². The van der Waals surface area contributed by atoms with Crippen molar-refractivity contribution in [1.82, 2.24) is 4.90 Å². The van der Waals surface area contributed by atoms with E-state index in [0.717, 1.165) is 6.54 Å². The van der Waals surface area contributed by atoms with Gasteiger partial charge in [-0.15, -0.1) is 0 Å². The van der Waals surface area contributed by atoms with Crippen LogP contribution in [0.25, 0.3) is 0 Å². The van der Waals surface area contributed by atoms with E-state index in [-0.39, 0.29) is 12.0 Å². The third kappa shape index (κ3) is 2.49. The molecule has 80 valence electrons. The molecule has 5 heteroatoms. The molecule has 0 aromatic rings. The molecule has 0 saturated heterocycles. The van der Waals surface area contributed by atoms with Gasteiger partial charge >= 0.3 is 6.18 Å². The number of allylic oxidation sites excluding steroid dienone is 1. The van der Waals surface area contributed by atoms with E-state index in [1.54, 1.807) is 4.90 Å². The normalized spacial score (nSPS) is 18.0. The lowest BCUT2D eigenvalue weighted by Gasteiger charge is -2.25. The summed E-state index contributed by atoms with van der Waals surface area (Å²) in [6.07, 6.45) is -2.56. The maximum atomic E-state index is 12.1. The highest BCUT2D eigenvalue weighted by Gasteiger charge is 2.40. The Morgan fingerprint density at radius 3 is 2.71 bits per heavy atom. The number of hydrogen-bond acceptors (Lipinski definition) is 2. The zero-order chi connectivity index (χ0) is 10.8. The van der Waals surface area contributed by atoms with Crippen LogP contribution in [0.3, 0.4) is 0 Å². The second-order valence-electron chi connectivity index (χ2n) is 3.21. The van der Waals surface area contributed by atoms with E-state index >= 15 is 0 Å². The molecular formula is C9H12F3NO. The molecule has 0 amide bonds. The molecule has 1 heterocycles. The lowest BCUT2D eigenvalue weighted by molar-refractivity contribution is -0.166. The molecule has 0 spiro atoms. The molecule has 0 bridgehead atoms. The molecule has 1 aliphatic heterocycles. The number of carbonyl (C=O) groups excluding carboxylic acids is 1. The summed E-state index contributed by atoms with van der Waals surface area (Å²) >= 11 is 0. The van der Waals surface area contributed by atoms with Crippen molar-refractivity contribution < 1.29 is 18.0 Å². The summed E-state index contributed by atoms with van der Waals surface area (Å²) in [6.45, 7) is 3.21. The molecule has 0 aromatic carbocycles. The summed E-state index contributed by atoms with van der Waals surface area (Å²) < 4.78 is 36.2. The van der Waals surface area contributed by atoms with Gasteiger partial charge in [-0.25, -0.2) is 0 Å². The van der Waals surface area contributed by atoms with Gasteiger partial charge in [0, 0.05) is 24.9 Å². The van der Waals surface area contributed by atoms with E-state index in [9.17, 15) is 18.0 Å². The average molecular weight is 207 g/mol. The van der Waals surface area contributed by atoms with Crippen LogP contribution in [0.4, 0.5) is 13.2 Å². The van der Waals surface area contributed by atoms with Gasteiger partial charge in [0.15, 0.2) is 0 Å². The van der Waals surface area contributed by atoms with Gasteiger partial charge in [-0.05, 0) is 19.8 Å². The minimum absolute atomic E-state index is 0.120. The van der Waals surface area contributed by atoms with E-state index in [2.05, 4.69) is 0 Å². The van der Waals surface area contributed by atoms with Gasteiger partial charge in [0.2, 0.25) is 0 Å². The molecule has 0 atom stereocenters. The summed E-state index contributed by atoms with van der Waals surface area (Å²) in [4.78, 5) is 12.6. The lowest BCUT2D eigenvalue weighted by Crippen LogP contribution is -2.30. The smallest absolute Gasteiger partial charge is 0.377 e. The summed E-state index contributed by atoms with van der Waals surface area (Å²) in [5.74, 6) is -1.70. The highest BCUT2D eigenvalue weighted by molar-refractivity contribution is 5.99. The minimum atomic E-state index is -4.73. The third-order valence-electron chi connectivity index (χ3n) is 2.19. The molecular weight excluding hydrogens is 195 g/mol. The number of nitrogens with zero attached hydrogens (tertiary/aromatic N) is 1. The van der Waals surface area contributed by atoms with Gasteiger partial charge in [0.05, 0.1) is 0 Å². The molecule has 2 nitrogen and oxygen atoms in total. The molecule has 1 aliphatic rings. The Morgan fingerprint density at radius 1 is 1.57 bits per heavy atom. The van der Waals surface area contributed by atoms with Crippen LogP contribution < -0.4 is 0 Å². The SMILES string of the molecule is CCN1C=C(C(=O)C(F)(F)F)CCC1. The highest BCUT2D eigenvalue weighted by Crippen LogP contribution is 2.25. The van der Waals surface area contributed by atoms with Crippen molar-refractivity contribution in [3.63, 3.8) is 0 Å². The maximum absolute atomic E-state index is 12.1. The van der Waals surface area contributed by atoms with E-state index < -0.39 is 12.0 Å². The topological polar surface area (TPSA) is 20.3 Å². The zero-order valence-electron chi connectivity index (χ0n) is 7.90. The lowest BCUT2D eigenvalue weighted by atomic mass is 10.0. The van der Waals surface area contributed by atoms with Crippen molar-refractivity contribution in [3.8, 4) is 0 Å². The van der Waals surface area contributed by atoms with Gasteiger partial charge in [0.1, 0.15) is 0 Å². The Bertz CT molecular complexity index is 257. The molecule has 0 saturated carbocycles. The van der Waals surface area contributed by atoms with E-state index in [1.165, 1.54) is 6.20 Å². The number of carbonyl (C=O) groups is 1. The van der Waals surface area contributed by atoms with E-state index in [4.69, 9.17) is 0 Å². The summed E-state index contributed by atoms with van der Waals surface area (Å²) in [7, 11) is 0. The van der Waals surface area contributed by atoms with E-state index in [1.807, 2.05) is 6.92 Å². The first-order valence-electron chi connectivity index (χ1n) is 4.51. The second kappa shape index (κ2) is 4.02. The number of rotatable bonds is 2. The standard InChI is InChI=1S/C9H12F3NO/c1-2-13-5-3-4-7(6-13)8(14)9(10,11)12/h6H,2-5H2,1H3. The number of Topliss-reactive ketones (excluding diaryl/α,β-unsaturated/α-hetero) is 1. The Balaban J connectivity index is 2.77. The van der Waals surface area contributed by atoms with Crippen LogP contribution in [-0.2, 0) is 4.79 Å². The van der Waals surface area contributed by atoms with Gasteiger partial charge in [-0.1, -0.05) is 0 Å². The Labute approximate surface area is 80.4 Å². The Hall–Kier alpha value is -1.00. The first-order chi connectivity index (χ1) is 6.45. The molecule has 14 heavy (non-hydrogen) atoms. The predicted molar refractivity (Wildman–Crippen MR) is 45.6 cm³/mol. The van der Waals surface area contributed by atoms with Crippen molar-refractivity contribution in [2.24, 2.45) is 0 Å². The zero-order valence-corrected chi connectivity index (χ0v) is 7.90. The quantitative estimate of drug-likeness (QED) is 0.691. The molecule has 0 N–H and O–H groups in total. The Kier molecular flexibility index (Phi) is 3.18. The van der Waals surface area contributed by atoms with Gasteiger partial charge < -0.3 is 4.90 Å². The van der Waals surface area contributed by atoms with Crippen LogP contribution in [0, 0.1) is 0 Å². The fourth-order valence-corrected chi connectivity index (χ4v) is 1.43. The molecule has 1 rings (SSSR count). The minimum Gasteiger partial charge on any atom is -0.377 e. The number of alkyl halides is 3. The van der Waals surface area contributed by atoms with Crippen LogP contribution in [0.2, 0.25) is 0 Å².